The third kappa shape index (κ3) is 5.84. The Labute approximate surface area is 301 Å². The van der Waals surface area contributed by atoms with Gasteiger partial charge in [0.1, 0.15) is 0 Å². The number of hydrogen-bond acceptors (Lipinski definition) is 4. The molecule has 5 aliphatic rings. The first kappa shape index (κ1) is 30.6. The second-order valence-corrected chi connectivity index (χ2v) is 11.9. The van der Waals surface area contributed by atoms with Crippen LogP contribution in [0.15, 0.2) is 213 Å². The molecule has 4 aromatic rings. The molecule has 0 aliphatic carbocycles. The SMILES string of the molecule is C1=CC2=NC1=CC1=NC(=C(c3ccccc3)C3=NC(=CC4=NC(=C2)C=C4)C=C3c2ccccc2)C(c2ccccc2)=C1c1ccccc1.[MgH2]. The molecule has 8 bridgehead atoms. The topological polar surface area (TPSA) is 49.4 Å². The van der Waals surface area contributed by atoms with Gasteiger partial charge in [0.05, 0.1) is 45.6 Å². The van der Waals surface area contributed by atoms with Crippen LogP contribution in [0.4, 0.5) is 0 Å². The summed E-state index contributed by atoms with van der Waals surface area (Å²) >= 11 is 0. The van der Waals surface area contributed by atoms with E-state index in [-0.39, 0.29) is 23.1 Å². The van der Waals surface area contributed by atoms with Crippen molar-refractivity contribution in [3.05, 3.63) is 215 Å². The minimum Gasteiger partial charge on any atom is -0.249 e. The van der Waals surface area contributed by atoms with Crippen LogP contribution in [0.25, 0.3) is 22.3 Å². The van der Waals surface area contributed by atoms with E-state index in [2.05, 4.69) is 133 Å². The lowest BCUT2D eigenvalue weighted by Gasteiger charge is -2.17. The zero-order chi connectivity index (χ0) is 31.9. The molecule has 0 N–H and O–H groups in total. The van der Waals surface area contributed by atoms with Crippen molar-refractivity contribution >= 4 is 68.2 Å². The average molecular weight is 639 g/mol. The fraction of sp³-hybridized carbons (Fsp3) is 0. The summed E-state index contributed by atoms with van der Waals surface area (Å²) in [5.74, 6) is 0. The molecule has 0 saturated heterocycles. The molecule has 0 radical (unpaired) electrons. The van der Waals surface area contributed by atoms with Crippen LogP contribution >= 0.6 is 0 Å². The monoisotopic (exact) mass is 638 g/mol. The van der Waals surface area contributed by atoms with Crippen molar-refractivity contribution < 1.29 is 0 Å². The first-order chi connectivity index (χ1) is 23.8. The van der Waals surface area contributed by atoms with E-state index in [9.17, 15) is 0 Å². The van der Waals surface area contributed by atoms with Crippen molar-refractivity contribution in [3.63, 3.8) is 0 Å². The molecule has 5 aliphatic heterocycles. The number of rotatable bonds is 4. The molecule has 4 nitrogen and oxygen atoms in total. The molecule has 0 unspecified atom stereocenters. The van der Waals surface area contributed by atoms with Gasteiger partial charge in [0.2, 0.25) is 0 Å². The maximum atomic E-state index is 5.56. The lowest BCUT2D eigenvalue weighted by molar-refractivity contribution is 1.41. The molecule has 0 amide bonds. The summed E-state index contributed by atoms with van der Waals surface area (Å²) in [6.45, 7) is 0. The lowest BCUT2D eigenvalue weighted by atomic mass is 9.86. The smallest absolute Gasteiger partial charge is 0.249 e. The van der Waals surface area contributed by atoms with E-state index < -0.39 is 0 Å². The molecule has 0 spiro atoms. The number of allylic oxidation sites excluding steroid dienone is 12. The van der Waals surface area contributed by atoms with Gasteiger partial charge in [-0.1, -0.05) is 121 Å². The Hall–Kier alpha value is -5.75. The Morgan fingerprint density at radius 2 is 0.816 bits per heavy atom. The van der Waals surface area contributed by atoms with Crippen molar-refractivity contribution in [3.8, 4) is 0 Å². The molecular formula is C44H30MgN4. The van der Waals surface area contributed by atoms with Crippen LogP contribution in [0, 0.1) is 0 Å². The zero-order valence-electron chi connectivity index (χ0n) is 26.0. The molecule has 49 heavy (non-hydrogen) atoms. The van der Waals surface area contributed by atoms with E-state index in [0.717, 1.165) is 90.2 Å². The number of benzene rings is 4. The minimum atomic E-state index is 0. The van der Waals surface area contributed by atoms with Gasteiger partial charge >= 0.3 is 23.1 Å². The van der Waals surface area contributed by atoms with Crippen molar-refractivity contribution in [1.82, 2.24) is 0 Å². The van der Waals surface area contributed by atoms with Crippen LogP contribution in [-0.4, -0.2) is 45.9 Å². The van der Waals surface area contributed by atoms with Crippen molar-refractivity contribution in [2.75, 3.05) is 0 Å². The van der Waals surface area contributed by atoms with Crippen molar-refractivity contribution in [1.29, 1.82) is 0 Å². The van der Waals surface area contributed by atoms with Gasteiger partial charge in [-0.2, -0.15) is 0 Å². The van der Waals surface area contributed by atoms with Gasteiger partial charge in [-0.05, 0) is 70.9 Å². The van der Waals surface area contributed by atoms with E-state index in [1.807, 2.05) is 36.4 Å². The van der Waals surface area contributed by atoms with Gasteiger partial charge in [-0.3, -0.25) is 0 Å². The maximum Gasteiger partial charge on any atom is 0.316 e. The highest BCUT2D eigenvalue weighted by Gasteiger charge is 2.32. The Morgan fingerprint density at radius 1 is 0.347 bits per heavy atom. The molecule has 228 valence electrons. The maximum absolute atomic E-state index is 5.56. The molecule has 0 atom stereocenters. The third-order valence-electron chi connectivity index (χ3n) is 8.75. The second kappa shape index (κ2) is 13.0. The Kier molecular flexibility index (Phi) is 8.13. The van der Waals surface area contributed by atoms with Gasteiger partial charge in [0.25, 0.3) is 0 Å². The highest BCUT2D eigenvalue weighted by atomic mass is 24.3. The van der Waals surface area contributed by atoms with Crippen LogP contribution in [-0.2, 0) is 0 Å². The van der Waals surface area contributed by atoms with Gasteiger partial charge in [-0.15, -0.1) is 0 Å². The standard InChI is InChI=1S/C44H28N4.Mg.2H/c1-5-13-29(14-6-1)38-27-37-26-35-22-21-33(45-35)25-34-23-24-36(46-34)28-39-40(30-15-7-2-8-16-30)41(31-17-9-3-10-18-31)44(48-39)42(43(38)47-37)32-19-11-4-12-20-32;;;/h1-28H;;;. The Morgan fingerprint density at radius 3 is 1.39 bits per heavy atom. The van der Waals surface area contributed by atoms with E-state index in [0.29, 0.717) is 0 Å². The second-order valence-electron chi connectivity index (χ2n) is 11.9. The highest BCUT2D eigenvalue weighted by Crippen LogP contribution is 2.46. The lowest BCUT2D eigenvalue weighted by Crippen LogP contribution is -2.07. The number of aliphatic imine (C=N–C) groups is 4. The van der Waals surface area contributed by atoms with Crippen molar-refractivity contribution in [2.45, 2.75) is 0 Å². The highest BCUT2D eigenvalue weighted by molar-refractivity contribution is 6.50. The average Bonchev–Trinajstić information content (AvgIpc) is 3.94. The number of fused-ring (bicyclic) bond motifs is 4. The summed E-state index contributed by atoms with van der Waals surface area (Å²) < 4.78 is 0. The molecular weight excluding hydrogens is 609 g/mol. The molecule has 9 rings (SSSR count). The van der Waals surface area contributed by atoms with Crippen LogP contribution in [0.5, 0.6) is 0 Å². The van der Waals surface area contributed by atoms with Crippen molar-refractivity contribution in [2.24, 2.45) is 20.0 Å². The summed E-state index contributed by atoms with van der Waals surface area (Å²) in [4.78, 5) is 20.8. The fourth-order valence-corrected chi connectivity index (χ4v) is 6.63. The normalized spacial score (nSPS) is 17.5. The Balaban J connectivity index is 0.00000348. The number of nitrogens with zero attached hydrogens (tertiary/aromatic N) is 4. The quantitative estimate of drug-likeness (QED) is 0.201. The third-order valence-corrected chi connectivity index (χ3v) is 8.75. The van der Waals surface area contributed by atoms with E-state index in [4.69, 9.17) is 20.0 Å². The van der Waals surface area contributed by atoms with Gasteiger partial charge in [0, 0.05) is 22.3 Å². The van der Waals surface area contributed by atoms with E-state index in [1.165, 1.54) is 0 Å². The predicted molar refractivity (Wildman–Crippen MR) is 208 cm³/mol. The van der Waals surface area contributed by atoms with Crippen LogP contribution in [0.2, 0.25) is 0 Å². The molecule has 0 fully saturated rings. The summed E-state index contributed by atoms with van der Waals surface area (Å²) in [6, 6.07) is 42.1. The number of hydrogen-bond donors (Lipinski definition) is 0. The molecule has 0 aromatic heterocycles. The predicted octanol–water partition coefficient (Wildman–Crippen LogP) is 8.77. The van der Waals surface area contributed by atoms with Crippen LogP contribution < -0.4 is 0 Å². The molecule has 5 heterocycles. The van der Waals surface area contributed by atoms with Gasteiger partial charge in [0.15, 0.2) is 0 Å². The summed E-state index contributed by atoms with van der Waals surface area (Å²) in [5, 5.41) is 0. The zero-order valence-corrected chi connectivity index (χ0v) is 26.0. The fourth-order valence-electron chi connectivity index (χ4n) is 6.63. The van der Waals surface area contributed by atoms with Gasteiger partial charge < -0.3 is 0 Å². The largest absolute Gasteiger partial charge is 0.316 e. The molecule has 5 heteroatoms. The van der Waals surface area contributed by atoms with E-state index in [1.54, 1.807) is 0 Å². The summed E-state index contributed by atoms with van der Waals surface area (Å²) in [7, 11) is 0. The Bertz CT molecular complexity index is 2380. The van der Waals surface area contributed by atoms with Crippen LogP contribution in [0.3, 0.4) is 0 Å². The first-order valence-electron chi connectivity index (χ1n) is 16.1. The molecule has 0 saturated carbocycles. The van der Waals surface area contributed by atoms with E-state index >= 15 is 0 Å². The van der Waals surface area contributed by atoms with Crippen LogP contribution in [0.1, 0.15) is 22.3 Å². The summed E-state index contributed by atoms with van der Waals surface area (Å²) in [6.07, 6.45) is 16.5. The minimum absolute atomic E-state index is 0. The summed E-state index contributed by atoms with van der Waals surface area (Å²) in [5.41, 5.74) is 15.3. The van der Waals surface area contributed by atoms with Gasteiger partial charge in [-0.25, -0.2) is 20.0 Å². The first-order valence-corrected chi connectivity index (χ1v) is 16.1. The molecule has 4 aromatic carbocycles.